The monoisotopic (exact) mass is 280 g/mol. The van der Waals surface area contributed by atoms with Gasteiger partial charge in [0.1, 0.15) is 4.99 Å². The zero-order valence-electron chi connectivity index (χ0n) is 11.1. The van der Waals surface area contributed by atoms with E-state index < -0.39 is 0 Å². The zero-order valence-corrected chi connectivity index (χ0v) is 12.0. The van der Waals surface area contributed by atoms with Gasteiger partial charge in [-0.3, -0.25) is 4.79 Å². The van der Waals surface area contributed by atoms with E-state index in [4.69, 9.17) is 22.7 Å². The summed E-state index contributed by atoms with van der Waals surface area (Å²) >= 11 is 4.89. The maximum atomic E-state index is 11.7. The molecule has 0 aliphatic rings. The summed E-state index contributed by atoms with van der Waals surface area (Å²) in [5.41, 5.74) is 6.98. The summed E-state index contributed by atoms with van der Waals surface area (Å²) in [6.45, 7) is 3.26. The molecule has 19 heavy (non-hydrogen) atoms. The smallest absolute Gasteiger partial charge is 0.226 e. The Kier molecular flexibility index (Phi) is 7.07. The molecule has 0 bridgehead atoms. The zero-order chi connectivity index (χ0) is 14.1. The number of anilines is 1. The van der Waals surface area contributed by atoms with Crippen molar-refractivity contribution in [2.75, 3.05) is 18.5 Å². The first-order valence-corrected chi connectivity index (χ1v) is 6.81. The summed E-state index contributed by atoms with van der Waals surface area (Å²) in [4.78, 5) is 12.0. The molecule has 0 radical (unpaired) electrons. The summed E-state index contributed by atoms with van der Waals surface area (Å²) in [6.07, 6.45) is 2.47. The lowest BCUT2D eigenvalue weighted by molar-refractivity contribution is -0.117. The maximum Gasteiger partial charge on any atom is 0.226 e. The van der Waals surface area contributed by atoms with Crippen LogP contribution in [-0.2, 0) is 9.53 Å². The molecule has 0 spiro atoms. The van der Waals surface area contributed by atoms with Crippen LogP contribution < -0.4 is 11.1 Å². The Labute approximate surface area is 119 Å². The molecular formula is C14H20N2O2S. The molecule has 0 aliphatic heterocycles. The van der Waals surface area contributed by atoms with Gasteiger partial charge in [-0.2, -0.15) is 0 Å². The first-order valence-electron chi connectivity index (χ1n) is 6.41. The van der Waals surface area contributed by atoms with Crippen molar-refractivity contribution in [1.82, 2.24) is 0 Å². The normalized spacial score (nSPS) is 10.2. The van der Waals surface area contributed by atoms with Crippen molar-refractivity contribution in [1.29, 1.82) is 0 Å². The summed E-state index contributed by atoms with van der Waals surface area (Å²) in [5, 5.41) is 2.79. The number of ether oxygens (including phenoxy) is 1. The highest BCUT2D eigenvalue weighted by Crippen LogP contribution is 2.10. The van der Waals surface area contributed by atoms with Crippen molar-refractivity contribution in [2.24, 2.45) is 5.73 Å². The Morgan fingerprint density at radius 2 is 2.21 bits per heavy atom. The van der Waals surface area contributed by atoms with E-state index in [0.29, 0.717) is 30.3 Å². The van der Waals surface area contributed by atoms with E-state index in [0.717, 1.165) is 18.4 Å². The molecule has 1 amide bonds. The van der Waals surface area contributed by atoms with Crippen LogP contribution in [0.3, 0.4) is 0 Å². The molecule has 1 aromatic rings. The van der Waals surface area contributed by atoms with E-state index in [2.05, 4.69) is 12.2 Å². The number of nitrogens with one attached hydrogen (secondary N) is 1. The van der Waals surface area contributed by atoms with E-state index in [1.807, 2.05) is 12.1 Å². The van der Waals surface area contributed by atoms with Gasteiger partial charge in [0.15, 0.2) is 0 Å². The van der Waals surface area contributed by atoms with Gasteiger partial charge in [0.25, 0.3) is 0 Å². The summed E-state index contributed by atoms with van der Waals surface area (Å²) in [6, 6.07) is 7.18. The second-order valence-corrected chi connectivity index (χ2v) is 4.65. The molecule has 4 nitrogen and oxygen atoms in total. The minimum atomic E-state index is -0.0726. The highest BCUT2D eigenvalue weighted by atomic mass is 32.1. The number of rotatable bonds is 8. The average molecular weight is 280 g/mol. The van der Waals surface area contributed by atoms with Gasteiger partial charge in [0, 0.05) is 17.9 Å². The van der Waals surface area contributed by atoms with Crippen molar-refractivity contribution in [2.45, 2.75) is 26.2 Å². The molecule has 0 atom stereocenters. The maximum absolute atomic E-state index is 11.7. The number of benzene rings is 1. The van der Waals surface area contributed by atoms with Crippen molar-refractivity contribution in [3.05, 3.63) is 29.8 Å². The SMILES string of the molecule is CCCCOCCC(=O)Nc1cccc(C(N)=S)c1. The number of carbonyl (C=O) groups excluding carboxylic acids is 1. The van der Waals surface area contributed by atoms with Gasteiger partial charge < -0.3 is 15.8 Å². The first kappa shape index (κ1) is 15.6. The topological polar surface area (TPSA) is 64.3 Å². The molecule has 0 saturated heterocycles. The van der Waals surface area contributed by atoms with Crippen LogP contribution in [0.2, 0.25) is 0 Å². The third-order valence-electron chi connectivity index (χ3n) is 2.55. The van der Waals surface area contributed by atoms with Gasteiger partial charge in [-0.1, -0.05) is 37.7 Å². The number of hydrogen-bond acceptors (Lipinski definition) is 3. The lowest BCUT2D eigenvalue weighted by atomic mass is 10.2. The molecule has 0 aliphatic carbocycles. The number of nitrogens with two attached hydrogens (primary N) is 1. The van der Waals surface area contributed by atoms with E-state index in [9.17, 15) is 4.79 Å². The molecule has 104 valence electrons. The predicted molar refractivity (Wildman–Crippen MR) is 81.3 cm³/mol. The van der Waals surface area contributed by atoms with Gasteiger partial charge >= 0.3 is 0 Å². The van der Waals surface area contributed by atoms with Gasteiger partial charge in [0.05, 0.1) is 13.0 Å². The van der Waals surface area contributed by atoms with Gasteiger partial charge in [-0.05, 0) is 18.6 Å². The molecule has 1 rings (SSSR count). The minimum absolute atomic E-state index is 0.0726. The van der Waals surface area contributed by atoms with Gasteiger partial charge in [-0.25, -0.2) is 0 Å². The number of amides is 1. The molecule has 0 saturated carbocycles. The summed E-state index contributed by atoms with van der Waals surface area (Å²) < 4.78 is 5.34. The van der Waals surface area contributed by atoms with E-state index in [-0.39, 0.29) is 5.91 Å². The lowest BCUT2D eigenvalue weighted by Gasteiger charge is -2.07. The lowest BCUT2D eigenvalue weighted by Crippen LogP contribution is -2.15. The van der Waals surface area contributed by atoms with Crippen LogP contribution in [0.15, 0.2) is 24.3 Å². The van der Waals surface area contributed by atoms with E-state index >= 15 is 0 Å². The molecule has 0 aromatic heterocycles. The standard InChI is InChI=1S/C14H20N2O2S/c1-2-3-8-18-9-7-13(17)16-12-6-4-5-11(10-12)14(15)19/h4-6,10H,2-3,7-9H2,1H3,(H2,15,19)(H,16,17). The third kappa shape index (κ3) is 6.31. The van der Waals surface area contributed by atoms with Crippen molar-refractivity contribution >= 4 is 28.8 Å². The van der Waals surface area contributed by atoms with Crippen LogP contribution >= 0.6 is 12.2 Å². The van der Waals surface area contributed by atoms with Gasteiger partial charge in [-0.15, -0.1) is 0 Å². The summed E-state index contributed by atoms with van der Waals surface area (Å²) in [7, 11) is 0. The van der Waals surface area contributed by atoms with Crippen LogP contribution in [0.1, 0.15) is 31.7 Å². The number of carbonyl (C=O) groups is 1. The Morgan fingerprint density at radius 1 is 1.42 bits per heavy atom. The second kappa shape index (κ2) is 8.61. The fourth-order valence-electron chi connectivity index (χ4n) is 1.49. The Hall–Kier alpha value is -1.46. The van der Waals surface area contributed by atoms with Crippen LogP contribution in [0.5, 0.6) is 0 Å². The molecular weight excluding hydrogens is 260 g/mol. The Balaban J connectivity index is 2.35. The van der Waals surface area contributed by atoms with Gasteiger partial charge in [0.2, 0.25) is 5.91 Å². The number of thiocarbonyl (C=S) groups is 1. The fraction of sp³-hybridized carbons (Fsp3) is 0.429. The molecule has 0 unspecified atom stereocenters. The molecule has 5 heteroatoms. The largest absolute Gasteiger partial charge is 0.389 e. The molecule has 3 N–H and O–H groups in total. The highest BCUT2D eigenvalue weighted by molar-refractivity contribution is 7.80. The first-order chi connectivity index (χ1) is 9.13. The van der Waals surface area contributed by atoms with E-state index in [1.165, 1.54) is 0 Å². The van der Waals surface area contributed by atoms with Crippen LogP contribution in [-0.4, -0.2) is 24.1 Å². The third-order valence-corrected chi connectivity index (χ3v) is 2.78. The van der Waals surface area contributed by atoms with Crippen molar-refractivity contribution in [3.8, 4) is 0 Å². The molecule has 0 heterocycles. The predicted octanol–water partition coefficient (Wildman–Crippen LogP) is 2.47. The van der Waals surface area contributed by atoms with Crippen LogP contribution in [0.4, 0.5) is 5.69 Å². The Bertz CT molecular complexity index is 435. The van der Waals surface area contributed by atoms with Crippen LogP contribution in [0, 0.1) is 0 Å². The molecule has 0 fully saturated rings. The number of unbranched alkanes of at least 4 members (excludes halogenated alkanes) is 1. The highest BCUT2D eigenvalue weighted by Gasteiger charge is 2.04. The number of hydrogen-bond donors (Lipinski definition) is 2. The fourth-order valence-corrected chi connectivity index (χ4v) is 1.61. The van der Waals surface area contributed by atoms with Crippen molar-refractivity contribution < 1.29 is 9.53 Å². The second-order valence-electron chi connectivity index (χ2n) is 4.21. The summed E-state index contributed by atoms with van der Waals surface area (Å²) in [5.74, 6) is -0.0726. The quantitative estimate of drug-likeness (QED) is 0.567. The average Bonchev–Trinajstić information content (AvgIpc) is 2.38. The molecule has 1 aromatic carbocycles. The Morgan fingerprint density at radius 3 is 2.89 bits per heavy atom. The van der Waals surface area contributed by atoms with Crippen LogP contribution in [0.25, 0.3) is 0 Å². The minimum Gasteiger partial charge on any atom is -0.389 e. The van der Waals surface area contributed by atoms with Crippen molar-refractivity contribution in [3.63, 3.8) is 0 Å². The van der Waals surface area contributed by atoms with E-state index in [1.54, 1.807) is 12.1 Å².